The molecule has 2 N–H and O–H groups in total. The number of fused-ring (bicyclic) bond motifs is 1. The number of ether oxygens (including phenoxy) is 1. The number of halogens is 3. The van der Waals surface area contributed by atoms with Crippen molar-refractivity contribution in [1.29, 1.82) is 0 Å². The van der Waals surface area contributed by atoms with E-state index in [0.29, 0.717) is 11.9 Å². The van der Waals surface area contributed by atoms with Crippen molar-refractivity contribution in [3.8, 4) is 11.3 Å². The molecule has 0 amide bonds. The predicted octanol–water partition coefficient (Wildman–Crippen LogP) is 4.42. The first-order valence-corrected chi connectivity index (χ1v) is 11.5. The molecular weight excluding hydrogens is 442 g/mol. The van der Waals surface area contributed by atoms with Gasteiger partial charge in [-0.15, -0.1) is 10.2 Å². The maximum absolute atomic E-state index is 12.7. The van der Waals surface area contributed by atoms with E-state index < -0.39 is 11.9 Å². The van der Waals surface area contributed by atoms with Crippen LogP contribution in [0.5, 0.6) is 0 Å². The van der Waals surface area contributed by atoms with Gasteiger partial charge in [-0.25, -0.2) is 0 Å². The Kier molecular flexibility index (Phi) is 8.92. The minimum absolute atomic E-state index is 0. The van der Waals surface area contributed by atoms with Crippen molar-refractivity contribution in [2.45, 2.75) is 51.6 Å². The van der Waals surface area contributed by atoms with Crippen molar-refractivity contribution in [2.75, 3.05) is 32.0 Å². The molecule has 184 valence electrons. The zero-order valence-electron chi connectivity index (χ0n) is 18.5. The number of pyridine rings is 1. The van der Waals surface area contributed by atoms with Crippen LogP contribution in [0, 0.1) is 17.8 Å². The van der Waals surface area contributed by atoms with Gasteiger partial charge in [-0.2, -0.15) is 13.2 Å². The first-order valence-electron chi connectivity index (χ1n) is 11.5. The van der Waals surface area contributed by atoms with Gasteiger partial charge in [0, 0.05) is 38.1 Å². The summed E-state index contributed by atoms with van der Waals surface area (Å²) in [4.78, 5) is 5.88. The molecule has 2 aliphatic heterocycles. The van der Waals surface area contributed by atoms with Crippen LogP contribution in [-0.4, -0.2) is 60.2 Å². The molecule has 3 fully saturated rings. The molecule has 10 heteroatoms. The summed E-state index contributed by atoms with van der Waals surface area (Å²) >= 11 is 0. The second-order valence-corrected chi connectivity index (χ2v) is 9.09. The highest BCUT2D eigenvalue weighted by atomic mass is 19.4. The Morgan fingerprint density at radius 1 is 1.03 bits per heavy atom. The molecule has 3 aliphatic rings. The van der Waals surface area contributed by atoms with Crippen molar-refractivity contribution in [3.05, 3.63) is 36.2 Å². The standard InChI is InChI=1S/C13H22BNO.C10H7F3N4.CH4/c14-13(10-4-6-16-7-5-10)15-8-11-2-1-3-12(11)9-15;11-10(12,13)9-6(2-1-5-15-9)7-3-4-8(14)17-16-7;/h10-13H,1-9H2;1-5H,(H2,14,17);1H4. The SMILES string of the molecule is C.Nc1ccc(-c2cccnc2C(F)(F)F)nn1.[B]C(C1CCOCC1)N1CC2CCCC2C1. The minimum atomic E-state index is -4.53. The van der Waals surface area contributed by atoms with E-state index in [9.17, 15) is 13.2 Å². The number of nitrogen functional groups attached to an aromatic ring is 1. The summed E-state index contributed by atoms with van der Waals surface area (Å²) in [6.07, 6.45) is 3.22. The quantitative estimate of drug-likeness (QED) is 0.663. The van der Waals surface area contributed by atoms with Gasteiger partial charge in [0.25, 0.3) is 0 Å². The molecule has 1 aliphatic carbocycles. The van der Waals surface area contributed by atoms with Crippen LogP contribution in [0.15, 0.2) is 30.5 Å². The molecular formula is C24H33BF3N5O. The van der Waals surface area contributed by atoms with Crippen molar-refractivity contribution >= 4 is 13.7 Å². The number of rotatable bonds is 3. The second kappa shape index (κ2) is 11.5. The topological polar surface area (TPSA) is 77.2 Å². The lowest BCUT2D eigenvalue weighted by atomic mass is 9.78. The number of aromatic nitrogens is 3. The Bertz CT molecular complexity index is 896. The summed E-state index contributed by atoms with van der Waals surface area (Å²) in [6.45, 7) is 4.37. The zero-order valence-corrected chi connectivity index (χ0v) is 18.5. The monoisotopic (exact) mass is 475 g/mol. The van der Waals surface area contributed by atoms with Gasteiger partial charge in [-0.3, -0.25) is 4.98 Å². The Hall–Kier alpha value is -2.20. The average molecular weight is 475 g/mol. The van der Waals surface area contributed by atoms with E-state index in [0.717, 1.165) is 44.1 Å². The molecule has 3 atom stereocenters. The molecule has 2 aromatic heterocycles. The molecule has 4 heterocycles. The number of hydrogen-bond acceptors (Lipinski definition) is 6. The molecule has 34 heavy (non-hydrogen) atoms. The minimum Gasteiger partial charge on any atom is -0.382 e. The number of anilines is 1. The van der Waals surface area contributed by atoms with Gasteiger partial charge in [0.2, 0.25) is 0 Å². The van der Waals surface area contributed by atoms with E-state index in [1.807, 2.05) is 0 Å². The Morgan fingerprint density at radius 3 is 2.29 bits per heavy atom. The molecule has 2 saturated heterocycles. The van der Waals surface area contributed by atoms with Gasteiger partial charge in [-0.1, -0.05) is 13.8 Å². The number of nitrogens with two attached hydrogens (primary N) is 1. The van der Waals surface area contributed by atoms with Crippen LogP contribution in [0.1, 0.15) is 45.2 Å². The zero-order chi connectivity index (χ0) is 23.4. The van der Waals surface area contributed by atoms with Crippen LogP contribution in [0.25, 0.3) is 11.3 Å². The van der Waals surface area contributed by atoms with E-state index in [1.165, 1.54) is 56.6 Å². The smallest absolute Gasteiger partial charge is 0.382 e. The highest BCUT2D eigenvalue weighted by Crippen LogP contribution is 2.39. The highest BCUT2D eigenvalue weighted by molar-refractivity contribution is 6.11. The van der Waals surface area contributed by atoms with Gasteiger partial charge in [0.15, 0.2) is 5.69 Å². The molecule has 0 spiro atoms. The van der Waals surface area contributed by atoms with Crippen LogP contribution in [-0.2, 0) is 10.9 Å². The van der Waals surface area contributed by atoms with Gasteiger partial charge < -0.3 is 15.4 Å². The van der Waals surface area contributed by atoms with E-state index in [2.05, 4.69) is 20.1 Å². The van der Waals surface area contributed by atoms with Gasteiger partial charge in [0.1, 0.15) is 5.82 Å². The van der Waals surface area contributed by atoms with Gasteiger partial charge >= 0.3 is 6.18 Å². The number of hydrogen-bond donors (Lipinski definition) is 1. The normalized spacial score (nSPS) is 24.0. The first-order chi connectivity index (χ1) is 15.8. The fraction of sp³-hybridized carbons (Fsp3) is 0.625. The lowest BCUT2D eigenvalue weighted by Crippen LogP contribution is -2.42. The first kappa shape index (κ1) is 26.4. The fourth-order valence-electron chi connectivity index (χ4n) is 5.19. The van der Waals surface area contributed by atoms with Gasteiger partial charge in [0.05, 0.1) is 13.5 Å². The summed E-state index contributed by atoms with van der Waals surface area (Å²) in [7, 11) is 6.43. The molecule has 5 rings (SSSR count). The summed E-state index contributed by atoms with van der Waals surface area (Å²) in [5.41, 5.74) is 4.30. The fourth-order valence-corrected chi connectivity index (χ4v) is 5.19. The Labute approximate surface area is 200 Å². The van der Waals surface area contributed by atoms with Crippen molar-refractivity contribution < 1.29 is 17.9 Å². The van der Waals surface area contributed by atoms with E-state index in [4.69, 9.17) is 18.3 Å². The van der Waals surface area contributed by atoms with Crippen molar-refractivity contribution in [1.82, 2.24) is 20.1 Å². The number of alkyl halides is 3. The summed E-state index contributed by atoms with van der Waals surface area (Å²) in [6, 6.07) is 5.45. The maximum atomic E-state index is 12.7. The van der Waals surface area contributed by atoms with E-state index in [1.54, 1.807) is 0 Å². The molecule has 3 unspecified atom stereocenters. The molecule has 2 radical (unpaired) electrons. The van der Waals surface area contributed by atoms with E-state index in [-0.39, 0.29) is 24.5 Å². The summed E-state index contributed by atoms with van der Waals surface area (Å²) in [5, 5.41) is 7.12. The Morgan fingerprint density at radius 2 is 1.71 bits per heavy atom. The maximum Gasteiger partial charge on any atom is 0.434 e. The summed E-state index contributed by atoms with van der Waals surface area (Å²) in [5.74, 6) is 3.05. The molecule has 2 aromatic rings. The van der Waals surface area contributed by atoms with E-state index >= 15 is 0 Å². The van der Waals surface area contributed by atoms with Gasteiger partial charge in [-0.05, 0) is 73.6 Å². The third-order valence-electron chi connectivity index (χ3n) is 6.96. The van der Waals surface area contributed by atoms with Crippen LogP contribution >= 0.6 is 0 Å². The molecule has 0 aromatic carbocycles. The largest absolute Gasteiger partial charge is 0.434 e. The third kappa shape index (κ3) is 6.27. The molecule has 0 bridgehead atoms. The van der Waals surface area contributed by atoms with Crippen LogP contribution < -0.4 is 5.73 Å². The Balaban J connectivity index is 0.000000185. The number of likely N-dealkylation sites (tertiary alicyclic amines) is 1. The number of nitrogens with zero attached hydrogens (tertiary/aromatic N) is 4. The third-order valence-corrected chi connectivity index (χ3v) is 6.96. The molecule has 1 saturated carbocycles. The van der Waals surface area contributed by atoms with Crippen LogP contribution in [0.4, 0.5) is 19.0 Å². The second-order valence-electron chi connectivity index (χ2n) is 9.09. The predicted molar refractivity (Wildman–Crippen MR) is 127 cm³/mol. The highest BCUT2D eigenvalue weighted by Gasteiger charge is 2.39. The molecule has 6 nitrogen and oxygen atoms in total. The lowest BCUT2D eigenvalue weighted by molar-refractivity contribution is -0.140. The van der Waals surface area contributed by atoms with Crippen LogP contribution in [0.3, 0.4) is 0 Å². The van der Waals surface area contributed by atoms with Crippen molar-refractivity contribution in [2.24, 2.45) is 17.8 Å². The lowest BCUT2D eigenvalue weighted by Gasteiger charge is -2.35. The summed E-state index contributed by atoms with van der Waals surface area (Å²) < 4.78 is 43.4. The average Bonchev–Trinajstić information content (AvgIpc) is 3.42. The van der Waals surface area contributed by atoms with Crippen molar-refractivity contribution in [3.63, 3.8) is 0 Å². The van der Waals surface area contributed by atoms with Crippen LogP contribution in [0.2, 0.25) is 0 Å².